The molecule has 0 aliphatic rings. The molecule has 1 aromatic heterocycles. The predicted molar refractivity (Wildman–Crippen MR) is 137 cm³/mol. The van der Waals surface area contributed by atoms with Crippen molar-refractivity contribution in [1.29, 1.82) is 0 Å². The van der Waals surface area contributed by atoms with Gasteiger partial charge < -0.3 is 4.74 Å². The van der Waals surface area contributed by atoms with Gasteiger partial charge in [-0.3, -0.25) is 5.14 Å². The molecule has 0 saturated heterocycles. The first-order chi connectivity index (χ1) is 16.6. The Balaban J connectivity index is 2.07. The summed E-state index contributed by atoms with van der Waals surface area (Å²) in [5.41, 5.74) is 1.33. The highest BCUT2D eigenvalue weighted by Gasteiger charge is 2.35. The van der Waals surface area contributed by atoms with Crippen molar-refractivity contribution in [3.05, 3.63) is 95.9 Å². The van der Waals surface area contributed by atoms with Gasteiger partial charge in [0.25, 0.3) is 10.0 Å². The van der Waals surface area contributed by atoms with Gasteiger partial charge in [0, 0.05) is 22.6 Å². The van der Waals surface area contributed by atoms with Crippen molar-refractivity contribution in [3.8, 4) is 5.75 Å². The zero-order chi connectivity index (χ0) is 25.4. The number of ether oxygens (including phenoxy) is 1. The Kier molecular flexibility index (Phi) is 6.86. The second-order valence-electron chi connectivity index (χ2n) is 8.91. The standard InChI is InChI=1S/C26H27FN2O4S2/c1-26(2,34(28)30)17-22(21-16-19(27)13-14-25(21)33-3)24-15-18-9-7-8-12-23(18)29(24)35(31,32)20-10-5-4-6-11-20/h4-16,22H,17,28H2,1-3H3/t22-,34?/m0/s1. The van der Waals surface area contributed by atoms with Crippen LogP contribution in [0.5, 0.6) is 5.75 Å². The number of rotatable bonds is 8. The van der Waals surface area contributed by atoms with Crippen LogP contribution in [0, 0.1) is 5.82 Å². The van der Waals surface area contributed by atoms with E-state index < -0.39 is 37.5 Å². The van der Waals surface area contributed by atoms with Gasteiger partial charge in [-0.05, 0) is 62.7 Å². The molecule has 35 heavy (non-hydrogen) atoms. The number of hydrogen-bond acceptors (Lipinski definition) is 4. The van der Waals surface area contributed by atoms with Crippen molar-refractivity contribution in [1.82, 2.24) is 3.97 Å². The Morgan fingerprint density at radius 2 is 1.69 bits per heavy atom. The Labute approximate surface area is 207 Å². The van der Waals surface area contributed by atoms with Gasteiger partial charge >= 0.3 is 0 Å². The van der Waals surface area contributed by atoms with Crippen LogP contribution in [0.4, 0.5) is 4.39 Å². The molecule has 184 valence electrons. The number of fused-ring (bicyclic) bond motifs is 1. The van der Waals surface area contributed by atoms with Crippen LogP contribution < -0.4 is 9.88 Å². The summed E-state index contributed by atoms with van der Waals surface area (Å²) in [5.74, 6) is -0.802. The Morgan fingerprint density at radius 3 is 2.34 bits per heavy atom. The molecule has 1 unspecified atom stereocenters. The summed E-state index contributed by atoms with van der Waals surface area (Å²) < 4.78 is 60.7. The van der Waals surface area contributed by atoms with E-state index in [9.17, 15) is 17.0 Å². The molecular weight excluding hydrogens is 487 g/mol. The zero-order valence-electron chi connectivity index (χ0n) is 19.6. The minimum absolute atomic E-state index is 0.120. The maximum absolute atomic E-state index is 14.5. The van der Waals surface area contributed by atoms with Crippen LogP contribution in [0.3, 0.4) is 0 Å². The molecule has 1 heterocycles. The average molecular weight is 515 g/mol. The lowest BCUT2D eigenvalue weighted by molar-refractivity contribution is 0.402. The molecule has 4 aromatic rings. The van der Waals surface area contributed by atoms with Gasteiger partial charge in [0.15, 0.2) is 0 Å². The fourth-order valence-electron chi connectivity index (χ4n) is 4.28. The molecule has 0 radical (unpaired) electrons. The van der Waals surface area contributed by atoms with Crippen molar-refractivity contribution in [3.63, 3.8) is 0 Å². The number of benzene rings is 3. The second-order valence-corrected chi connectivity index (χ2v) is 12.4. The molecule has 9 heteroatoms. The quantitative estimate of drug-likeness (QED) is 0.360. The van der Waals surface area contributed by atoms with E-state index in [-0.39, 0.29) is 11.3 Å². The van der Waals surface area contributed by atoms with Crippen molar-refractivity contribution in [2.45, 2.75) is 35.8 Å². The van der Waals surface area contributed by atoms with Crippen molar-refractivity contribution < 1.29 is 21.8 Å². The first kappa shape index (κ1) is 25.1. The highest BCUT2D eigenvalue weighted by atomic mass is 32.2. The van der Waals surface area contributed by atoms with Gasteiger partial charge in [-0.2, -0.15) is 0 Å². The fraction of sp³-hybridized carbons (Fsp3) is 0.231. The van der Waals surface area contributed by atoms with E-state index in [4.69, 9.17) is 9.88 Å². The monoisotopic (exact) mass is 514 g/mol. The minimum Gasteiger partial charge on any atom is -0.496 e. The topological polar surface area (TPSA) is 91.4 Å². The van der Waals surface area contributed by atoms with Crippen LogP contribution in [-0.2, 0) is 21.0 Å². The van der Waals surface area contributed by atoms with E-state index >= 15 is 0 Å². The maximum Gasteiger partial charge on any atom is 0.268 e. The third kappa shape index (κ3) is 4.76. The lowest BCUT2D eigenvalue weighted by Gasteiger charge is -2.29. The molecule has 0 amide bonds. The van der Waals surface area contributed by atoms with E-state index in [0.29, 0.717) is 27.9 Å². The van der Waals surface area contributed by atoms with Crippen LogP contribution in [0.15, 0.2) is 83.8 Å². The number of hydrogen-bond donors (Lipinski definition) is 1. The van der Waals surface area contributed by atoms with Crippen molar-refractivity contribution in [2.24, 2.45) is 5.14 Å². The fourth-order valence-corrected chi connectivity index (χ4v) is 6.21. The Hall–Kier alpha value is -3.01. The summed E-state index contributed by atoms with van der Waals surface area (Å²) >= 11 is 0. The summed E-state index contributed by atoms with van der Waals surface area (Å²) in [6.45, 7) is 3.47. The maximum atomic E-state index is 14.5. The van der Waals surface area contributed by atoms with E-state index in [0.717, 1.165) is 0 Å². The van der Waals surface area contributed by atoms with Gasteiger partial charge in [-0.1, -0.05) is 36.4 Å². The van der Waals surface area contributed by atoms with E-state index in [1.165, 1.54) is 41.4 Å². The SMILES string of the molecule is COc1ccc(F)cc1[C@H](CC(C)(C)S(N)=O)c1cc2ccccc2n1S(=O)(=O)c1ccccc1. The molecule has 0 bridgehead atoms. The van der Waals surface area contributed by atoms with E-state index in [2.05, 4.69) is 0 Å². The van der Waals surface area contributed by atoms with Crippen molar-refractivity contribution >= 4 is 31.9 Å². The molecule has 0 fully saturated rings. The number of nitrogens with two attached hydrogens (primary N) is 1. The molecule has 0 saturated carbocycles. The molecule has 6 nitrogen and oxygen atoms in total. The minimum atomic E-state index is -4.04. The van der Waals surface area contributed by atoms with Gasteiger partial charge in [0.1, 0.15) is 11.6 Å². The first-order valence-corrected chi connectivity index (χ1v) is 13.6. The van der Waals surface area contributed by atoms with Crippen LogP contribution in [-0.4, -0.2) is 28.5 Å². The number of nitrogens with zero attached hydrogens (tertiary/aromatic N) is 1. The Morgan fingerprint density at radius 1 is 1.03 bits per heavy atom. The molecule has 2 atom stereocenters. The average Bonchev–Trinajstić information content (AvgIpc) is 3.23. The molecule has 3 aromatic carbocycles. The third-order valence-electron chi connectivity index (χ3n) is 6.14. The molecule has 0 spiro atoms. The summed E-state index contributed by atoms with van der Waals surface area (Å²) in [4.78, 5) is 0.120. The highest BCUT2D eigenvalue weighted by Crippen LogP contribution is 2.42. The summed E-state index contributed by atoms with van der Waals surface area (Å²) in [6, 6.07) is 21.1. The van der Waals surface area contributed by atoms with Gasteiger partial charge in [-0.25, -0.2) is 21.0 Å². The number of para-hydroxylation sites is 1. The largest absolute Gasteiger partial charge is 0.496 e. The summed E-state index contributed by atoms with van der Waals surface area (Å²) in [6.07, 6.45) is 0.177. The lowest BCUT2D eigenvalue weighted by Crippen LogP contribution is -2.34. The van der Waals surface area contributed by atoms with Crippen LogP contribution >= 0.6 is 0 Å². The van der Waals surface area contributed by atoms with E-state index in [1.54, 1.807) is 50.2 Å². The van der Waals surface area contributed by atoms with Crippen molar-refractivity contribution in [2.75, 3.05) is 7.11 Å². The summed E-state index contributed by atoms with van der Waals surface area (Å²) in [7, 11) is -4.30. The smallest absolute Gasteiger partial charge is 0.268 e. The Bertz CT molecular complexity index is 1500. The normalized spacial score (nSPS) is 14.1. The second kappa shape index (κ2) is 9.56. The van der Waals surface area contributed by atoms with Crippen LogP contribution in [0.25, 0.3) is 10.9 Å². The van der Waals surface area contributed by atoms with Crippen LogP contribution in [0.2, 0.25) is 0 Å². The summed E-state index contributed by atoms with van der Waals surface area (Å²) in [5, 5.41) is 6.51. The number of aromatic nitrogens is 1. The lowest BCUT2D eigenvalue weighted by atomic mass is 9.86. The van der Waals surface area contributed by atoms with Gasteiger partial charge in [-0.15, -0.1) is 0 Å². The molecule has 4 rings (SSSR count). The molecule has 2 N–H and O–H groups in total. The molecule has 0 aliphatic heterocycles. The zero-order valence-corrected chi connectivity index (χ0v) is 21.3. The third-order valence-corrected chi connectivity index (χ3v) is 9.15. The predicted octanol–water partition coefficient (Wildman–Crippen LogP) is 4.95. The molecular formula is C26H27FN2O4S2. The highest BCUT2D eigenvalue weighted by molar-refractivity contribution is 7.90. The molecule has 0 aliphatic carbocycles. The number of halogens is 1. The van der Waals surface area contributed by atoms with E-state index in [1.807, 2.05) is 12.1 Å². The van der Waals surface area contributed by atoms with Gasteiger partial charge in [0.2, 0.25) is 0 Å². The van der Waals surface area contributed by atoms with Crippen LogP contribution in [0.1, 0.15) is 37.4 Å². The number of methoxy groups -OCH3 is 1. The first-order valence-electron chi connectivity index (χ1n) is 11.0. The van der Waals surface area contributed by atoms with Gasteiger partial charge in [0.05, 0.1) is 33.3 Å².